The molecule has 2 saturated heterocycles. The van der Waals surface area contributed by atoms with Crippen LogP contribution >= 0.6 is 11.8 Å². The van der Waals surface area contributed by atoms with E-state index < -0.39 is 27.7 Å². The lowest BCUT2D eigenvalue weighted by Gasteiger charge is -2.50. The molecule has 2 aromatic carbocycles. The van der Waals surface area contributed by atoms with Gasteiger partial charge in [0.2, 0.25) is 11.8 Å². The third kappa shape index (κ3) is 3.17. The number of fused-ring (bicyclic) bond motifs is 1. The monoisotopic (exact) mass is 424 g/mol. The lowest BCUT2D eigenvalue weighted by Crippen LogP contribution is -2.76. The van der Waals surface area contributed by atoms with Crippen molar-refractivity contribution in [1.29, 1.82) is 0 Å². The van der Waals surface area contributed by atoms with Crippen molar-refractivity contribution in [3.63, 3.8) is 0 Å². The summed E-state index contributed by atoms with van der Waals surface area (Å²) in [5, 5.41) is 12.7. The van der Waals surface area contributed by atoms with Gasteiger partial charge in [-0.25, -0.2) is 4.79 Å². The van der Waals surface area contributed by atoms with Gasteiger partial charge in [0.15, 0.2) is 5.54 Å². The Bertz CT molecular complexity index is 979. The molecule has 0 radical (unpaired) electrons. The zero-order valence-electron chi connectivity index (χ0n) is 16.9. The van der Waals surface area contributed by atoms with E-state index in [9.17, 15) is 19.5 Å². The second kappa shape index (κ2) is 7.47. The van der Waals surface area contributed by atoms with Crippen LogP contribution in [0, 0.1) is 0 Å². The number of hydrogen-bond donors (Lipinski definition) is 2. The van der Waals surface area contributed by atoms with Gasteiger partial charge in [-0.3, -0.25) is 9.59 Å². The average molecular weight is 425 g/mol. The number of carboxylic acids is 1. The molecule has 0 aliphatic carbocycles. The molecule has 2 aromatic rings. The molecule has 3 atom stereocenters. The van der Waals surface area contributed by atoms with Crippen LogP contribution in [-0.2, 0) is 27.2 Å². The average Bonchev–Trinajstić information content (AvgIpc) is 2.93. The molecule has 2 aliphatic heterocycles. The molecule has 0 unspecified atom stereocenters. The Labute approximate surface area is 179 Å². The molecule has 0 bridgehead atoms. The van der Waals surface area contributed by atoms with E-state index in [1.807, 2.05) is 74.5 Å². The lowest BCUT2D eigenvalue weighted by atomic mass is 9.76. The maximum absolute atomic E-state index is 13.1. The number of rotatable bonds is 6. The van der Waals surface area contributed by atoms with E-state index in [1.54, 1.807) is 0 Å². The van der Waals surface area contributed by atoms with Gasteiger partial charge in [0.1, 0.15) is 11.4 Å². The standard InChI is InChI=1S/C23H24N2O4S/c1-22(2)23(21(28)29,14-16-11-7-4-8-12-16)25-19(27)18(20(25)30-22)24-17(26)13-15-9-5-3-6-10-15/h3-12,18,20H,13-14H2,1-2H3,(H,24,26)(H,28,29)/t18-,20-,23+/m1/s1. The number of nitrogens with zero attached hydrogens (tertiary/aromatic N) is 1. The molecule has 0 aromatic heterocycles. The minimum absolute atomic E-state index is 0.180. The van der Waals surface area contributed by atoms with Gasteiger partial charge in [-0.15, -0.1) is 11.8 Å². The number of aliphatic carboxylic acids is 1. The van der Waals surface area contributed by atoms with E-state index >= 15 is 0 Å². The van der Waals surface area contributed by atoms with E-state index in [0.29, 0.717) is 0 Å². The highest BCUT2D eigenvalue weighted by molar-refractivity contribution is 8.01. The van der Waals surface area contributed by atoms with Gasteiger partial charge < -0.3 is 15.3 Å². The molecule has 0 spiro atoms. The Balaban J connectivity index is 1.56. The highest BCUT2D eigenvalue weighted by Crippen LogP contribution is 2.57. The van der Waals surface area contributed by atoms with Crippen LogP contribution in [0.5, 0.6) is 0 Å². The summed E-state index contributed by atoms with van der Waals surface area (Å²) in [7, 11) is 0. The van der Waals surface area contributed by atoms with E-state index in [0.717, 1.165) is 11.1 Å². The molecule has 2 amide bonds. The van der Waals surface area contributed by atoms with Gasteiger partial charge in [-0.05, 0) is 25.0 Å². The predicted molar refractivity (Wildman–Crippen MR) is 115 cm³/mol. The highest BCUT2D eigenvalue weighted by atomic mass is 32.2. The topological polar surface area (TPSA) is 86.7 Å². The molecule has 0 saturated carbocycles. The van der Waals surface area contributed by atoms with Crippen LogP contribution in [0.4, 0.5) is 0 Å². The Morgan fingerprint density at radius 1 is 1.03 bits per heavy atom. The van der Waals surface area contributed by atoms with Crippen molar-refractivity contribution in [2.24, 2.45) is 0 Å². The first-order chi connectivity index (χ1) is 14.3. The summed E-state index contributed by atoms with van der Waals surface area (Å²) in [6.45, 7) is 3.73. The minimum Gasteiger partial charge on any atom is -0.479 e. The van der Waals surface area contributed by atoms with E-state index in [2.05, 4.69) is 5.32 Å². The molecule has 2 N–H and O–H groups in total. The van der Waals surface area contributed by atoms with Crippen LogP contribution in [0.2, 0.25) is 0 Å². The number of carbonyl (C=O) groups is 3. The van der Waals surface area contributed by atoms with Gasteiger partial charge in [0.05, 0.1) is 6.42 Å². The second-order valence-corrected chi connectivity index (χ2v) is 10.0. The molecule has 2 heterocycles. The number of β-lactam (4-membered cyclic amide) rings is 1. The Morgan fingerprint density at radius 2 is 1.60 bits per heavy atom. The number of carboxylic acid groups (broad SMARTS) is 1. The fraction of sp³-hybridized carbons (Fsp3) is 0.348. The SMILES string of the molecule is CC1(C)S[C@@H]2[C@H](NC(=O)Cc3ccccc3)C(=O)N2[C@@]1(Cc1ccccc1)C(=O)O. The van der Waals surface area contributed by atoms with E-state index in [1.165, 1.54) is 16.7 Å². The molecule has 7 heteroatoms. The quantitative estimate of drug-likeness (QED) is 0.696. The first kappa shape index (κ1) is 20.5. The smallest absolute Gasteiger partial charge is 0.331 e. The van der Waals surface area contributed by atoms with Crippen molar-refractivity contribution in [3.05, 3.63) is 71.8 Å². The number of carbonyl (C=O) groups excluding carboxylic acids is 2. The highest BCUT2D eigenvalue weighted by Gasteiger charge is 2.72. The maximum atomic E-state index is 13.1. The summed E-state index contributed by atoms with van der Waals surface area (Å²) < 4.78 is -0.728. The minimum atomic E-state index is -1.37. The number of amides is 2. The molecule has 4 rings (SSSR count). The number of hydrogen-bond acceptors (Lipinski definition) is 4. The van der Waals surface area contributed by atoms with Crippen molar-refractivity contribution in [2.75, 3.05) is 0 Å². The summed E-state index contributed by atoms with van der Waals surface area (Å²) >= 11 is 1.44. The summed E-state index contributed by atoms with van der Waals surface area (Å²) in [5.41, 5.74) is 0.349. The van der Waals surface area contributed by atoms with Crippen molar-refractivity contribution >= 4 is 29.5 Å². The van der Waals surface area contributed by atoms with Crippen molar-refractivity contribution in [2.45, 2.75) is 48.4 Å². The van der Waals surface area contributed by atoms with Crippen LogP contribution < -0.4 is 5.32 Å². The van der Waals surface area contributed by atoms with Gasteiger partial charge >= 0.3 is 5.97 Å². The Kier molecular flexibility index (Phi) is 5.10. The summed E-state index contributed by atoms with van der Waals surface area (Å²) in [5.74, 6) is -1.60. The van der Waals surface area contributed by atoms with E-state index in [-0.39, 0.29) is 24.7 Å². The van der Waals surface area contributed by atoms with Gasteiger partial charge in [-0.2, -0.15) is 0 Å². The first-order valence-electron chi connectivity index (χ1n) is 9.88. The van der Waals surface area contributed by atoms with Crippen LogP contribution in [0.25, 0.3) is 0 Å². The second-order valence-electron chi connectivity index (χ2n) is 8.26. The van der Waals surface area contributed by atoms with Crippen molar-refractivity contribution < 1.29 is 19.5 Å². The third-order valence-corrected chi connectivity index (χ3v) is 7.70. The molecule has 156 valence electrons. The lowest BCUT2D eigenvalue weighted by molar-refractivity contribution is -0.171. The molecule has 2 fully saturated rings. The van der Waals surface area contributed by atoms with Crippen molar-refractivity contribution in [1.82, 2.24) is 10.2 Å². The Morgan fingerprint density at radius 3 is 2.17 bits per heavy atom. The fourth-order valence-electron chi connectivity index (χ4n) is 4.44. The molecular weight excluding hydrogens is 400 g/mol. The molecule has 30 heavy (non-hydrogen) atoms. The van der Waals surface area contributed by atoms with Crippen LogP contribution in [-0.4, -0.2) is 49.5 Å². The van der Waals surface area contributed by atoms with Crippen LogP contribution in [0.3, 0.4) is 0 Å². The van der Waals surface area contributed by atoms with Gasteiger partial charge in [0.25, 0.3) is 0 Å². The summed E-state index contributed by atoms with van der Waals surface area (Å²) in [4.78, 5) is 39.6. The third-order valence-electron chi connectivity index (χ3n) is 6.05. The number of thioether (sulfide) groups is 1. The molecule has 2 aliphatic rings. The fourth-order valence-corrected chi connectivity index (χ4v) is 6.21. The zero-order chi connectivity index (χ0) is 21.5. The van der Waals surface area contributed by atoms with Crippen LogP contribution in [0.15, 0.2) is 60.7 Å². The zero-order valence-corrected chi connectivity index (χ0v) is 17.7. The normalized spacial score (nSPS) is 26.6. The molecule has 6 nitrogen and oxygen atoms in total. The first-order valence-corrected chi connectivity index (χ1v) is 10.8. The predicted octanol–water partition coefficient (Wildman–Crippen LogP) is 2.47. The molecular formula is C23H24N2O4S. The summed E-state index contributed by atoms with van der Waals surface area (Å²) in [6.07, 6.45) is 0.398. The largest absolute Gasteiger partial charge is 0.479 e. The number of benzene rings is 2. The van der Waals surface area contributed by atoms with Gasteiger partial charge in [-0.1, -0.05) is 60.7 Å². The Hall–Kier alpha value is -2.80. The van der Waals surface area contributed by atoms with Crippen LogP contribution in [0.1, 0.15) is 25.0 Å². The maximum Gasteiger partial charge on any atom is 0.331 e. The number of nitrogens with one attached hydrogen (secondary N) is 1. The van der Waals surface area contributed by atoms with E-state index in [4.69, 9.17) is 0 Å². The van der Waals surface area contributed by atoms with Gasteiger partial charge in [0, 0.05) is 11.2 Å². The summed E-state index contributed by atoms with van der Waals surface area (Å²) in [6, 6.07) is 18.0. The van der Waals surface area contributed by atoms with Crippen molar-refractivity contribution in [3.8, 4) is 0 Å².